The Morgan fingerprint density at radius 3 is 2.67 bits per heavy atom. The normalized spacial score (nSPS) is 23.6. The molecule has 0 saturated carbocycles. The number of ether oxygens (including phenoxy) is 2. The molecule has 2 heterocycles. The molecule has 2 aliphatic rings. The fourth-order valence-corrected chi connectivity index (χ4v) is 3.94. The van der Waals surface area contributed by atoms with Gasteiger partial charge in [-0.2, -0.15) is 0 Å². The van der Waals surface area contributed by atoms with Crippen molar-refractivity contribution in [3.63, 3.8) is 0 Å². The predicted octanol–water partition coefficient (Wildman–Crippen LogP) is 3.06. The van der Waals surface area contributed by atoms with Crippen LogP contribution in [0.5, 0.6) is 5.75 Å². The minimum Gasteiger partial charge on any atom is -0.493 e. The monoisotopic (exact) mass is 375 g/mol. The van der Waals surface area contributed by atoms with Gasteiger partial charge in [-0.15, -0.1) is 0 Å². The molecule has 1 N–H and O–H groups in total. The van der Waals surface area contributed by atoms with E-state index in [1.807, 2.05) is 23.1 Å². The summed E-state index contributed by atoms with van der Waals surface area (Å²) in [5, 5.41) is 9.35. The molecule has 1 aromatic carbocycles. The van der Waals surface area contributed by atoms with E-state index in [-0.39, 0.29) is 17.9 Å². The molecule has 0 radical (unpaired) electrons. The van der Waals surface area contributed by atoms with Crippen LogP contribution in [0, 0.1) is 17.8 Å². The van der Waals surface area contributed by atoms with Crippen LogP contribution < -0.4 is 4.74 Å². The highest BCUT2D eigenvalue weighted by atomic mass is 16.5. The molecule has 1 unspecified atom stereocenters. The van der Waals surface area contributed by atoms with Crippen LogP contribution in [0.4, 0.5) is 0 Å². The number of hydrogen-bond acceptors (Lipinski definition) is 4. The maximum Gasteiger partial charge on any atom is 0.309 e. The van der Waals surface area contributed by atoms with Gasteiger partial charge in [0.1, 0.15) is 5.75 Å². The van der Waals surface area contributed by atoms with Crippen molar-refractivity contribution in [1.29, 1.82) is 0 Å². The van der Waals surface area contributed by atoms with Gasteiger partial charge in [0.05, 0.1) is 18.6 Å². The number of aliphatic carboxylic acids is 1. The zero-order valence-corrected chi connectivity index (χ0v) is 16.1. The lowest BCUT2D eigenvalue weighted by Gasteiger charge is -2.35. The predicted molar refractivity (Wildman–Crippen MR) is 101 cm³/mol. The van der Waals surface area contributed by atoms with E-state index in [2.05, 4.69) is 13.8 Å². The molecule has 0 aliphatic carbocycles. The first kappa shape index (κ1) is 19.7. The van der Waals surface area contributed by atoms with E-state index in [1.165, 1.54) is 0 Å². The molecule has 0 spiro atoms. The molecular weight excluding hydrogens is 346 g/mol. The highest BCUT2D eigenvalue weighted by molar-refractivity contribution is 5.94. The number of carboxylic acids is 1. The summed E-state index contributed by atoms with van der Waals surface area (Å²) in [5.74, 6) is 0.175. The van der Waals surface area contributed by atoms with E-state index in [9.17, 15) is 14.7 Å². The number of carbonyl (C=O) groups is 2. The van der Waals surface area contributed by atoms with Crippen LogP contribution in [0.3, 0.4) is 0 Å². The van der Waals surface area contributed by atoms with Crippen LogP contribution >= 0.6 is 0 Å². The lowest BCUT2D eigenvalue weighted by Crippen LogP contribution is -2.43. The molecule has 2 fully saturated rings. The smallest absolute Gasteiger partial charge is 0.309 e. The van der Waals surface area contributed by atoms with E-state index >= 15 is 0 Å². The van der Waals surface area contributed by atoms with Gasteiger partial charge in [0, 0.05) is 25.3 Å². The Kier molecular flexibility index (Phi) is 6.37. The van der Waals surface area contributed by atoms with Crippen molar-refractivity contribution >= 4 is 11.9 Å². The first-order valence-electron chi connectivity index (χ1n) is 9.82. The Morgan fingerprint density at radius 2 is 2.00 bits per heavy atom. The van der Waals surface area contributed by atoms with Crippen molar-refractivity contribution in [3.8, 4) is 5.75 Å². The lowest BCUT2D eigenvalue weighted by molar-refractivity contribution is -0.145. The fraction of sp³-hybridized carbons (Fsp3) is 0.619. The molecular formula is C21H29NO5. The molecule has 2 aliphatic heterocycles. The maximum absolute atomic E-state index is 12.8. The number of benzene rings is 1. The van der Waals surface area contributed by atoms with Crippen molar-refractivity contribution in [2.75, 3.05) is 26.3 Å². The summed E-state index contributed by atoms with van der Waals surface area (Å²) in [4.78, 5) is 26.1. The number of piperidine rings is 1. The lowest BCUT2D eigenvalue weighted by atomic mass is 9.84. The third-order valence-electron chi connectivity index (χ3n) is 5.41. The zero-order valence-electron chi connectivity index (χ0n) is 16.1. The molecule has 0 bridgehead atoms. The van der Waals surface area contributed by atoms with Crippen molar-refractivity contribution in [2.45, 2.75) is 39.2 Å². The summed E-state index contributed by atoms with van der Waals surface area (Å²) < 4.78 is 11.4. The van der Waals surface area contributed by atoms with Gasteiger partial charge in [0.25, 0.3) is 5.91 Å². The summed E-state index contributed by atoms with van der Waals surface area (Å²) in [6.07, 6.45) is 1.93. The number of carbonyl (C=O) groups excluding carboxylic acids is 1. The van der Waals surface area contributed by atoms with Gasteiger partial charge in [-0.25, -0.2) is 0 Å². The second-order valence-corrected chi connectivity index (χ2v) is 7.93. The second kappa shape index (κ2) is 8.74. The van der Waals surface area contributed by atoms with Gasteiger partial charge in [0.2, 0.25) is 0 Å². The minimum absolute atomic E-state index is 0.00516. The van der Waals surface area contributed by atoms with Crippen LogP contribution in [0.2, 0.25) is 0 Å². The van der Waals surface area contributed by atoms with E-state index in [0.29, 0.717) is 50.0 Å². The van der Waals surface area contributed by atoms with Crippen LogP contribution in [0.15, 0.2) is 24.3 Å². The Labute approximate surface area is 160 Å². The highest BCUT2D eigenvalue weighted by Crippen LogP contribution is 2.33. The minimum atomic E-state index is -0.769. The third-order valence-corrected chi connectivity index (χ3v) is 5.41. The standard InChI is InChI=1S/C21H29NO5/c1-14(2)13-27-17-5-3-4-16(12-17)20(23)22-9-6-15(7-10-22)19-18(21(24)25)8-11-26-19/h3-5,12,14-15,18-19H,6-11,13H2,1-2H3,(H,24,25)/t18?,19-/m0/s1. The summed E-state index contributed by atoms with van der Waals surface area (Å²) in [7, 11) is 0. The molecule has 1 aromatic rings. The molecule has 0 aromatic heterocycles. The number of hydrogen-bond donors (Lipinski definition) is 1. The summed E-state index contributed by atoms with van der Waals surface area (Å²) in [5.41, 5.74) is 0.634. The van der Waals surface area contributed by atoms with Crippen molar-refractivity contribution in [2.24, 2.45) is 17.8 Å². The second-order valence-electron chi connectivity index (χ2n) is 7.93. The Balaban J connectivity index is 1.57. The van der Waals surface area contributed by atoms with Crippen molar-refractivity contribution in [3.05, 3.63) is 29.8 Å². The van der Waals surface area contributed by atoms with Crippen LogP contribution in [-0.2, 0) is 9.53 Å². The molecule has 27 heavy (non-hydrogen) atoms. The van der Waals surface area contributed by atoms with Crippen molar-refractivity contribution < 1.29 is 24.2 Å². The molecule has 148 valence electrons. The number of likely N-dealkylation sites (tertiary alicyclic amines) is 1. The number of carboxylic acid groups (broad SMARTS) is 1. The molecule has 1 amide bonds. The number of nitrogens with zero attached hydrogens (tertiary/aromatic N) is 1. The topological polar surface area (TPSA) is 76.1 Å². The number of amides is 1. The SMILES string of the molecule is CC(C)COc1cccc(C(=O)N2CCC([C@@H]3OCCC3C(=O)O)CC2)c1. The summed E-state index contributed by atoms with van der Waals surface area (Å²) in [6.45, 7) is 6.57. The van der Waals surface area contributed by atoms with E-state index in [4.69, 9.17) is 9.47 Å². The zero-order chi connectivity index (χ0) is 19.4. The van der Waals surface area contributed by atoms with Crippen LogP contribution in [0.1, 0.15) is 43.5 Å². The van der Waals surface area contributed by atoms with Crippen molar-refractivity contribution in [1.82, 2.24) is 4.90 Å². The average Bonchev–Trinajstić information content (AvgIpc) is 3.16. The first-order valence-corrected chi connectivity index (χ1v) is 9.82. The molecule has 2 saturated heterocycles. The summed E-state index contributed by atoms with van der Waals surface area (Å²) in [6, 6.07) is 7.34. The fourth-order valence-electron chi connectivity index (χ4n) is 3.94. The van der Waals surface area contributed by atoms with Gasteiger partial charge >= 0.3 is 5.97 Å². The first-order chi connectivity index (χ1) is 13.0. The quantitative estimate of drug-likeness (QED) is 0.827. The molecule has 2 atom stereocenters. The molecule has 3 rings (SSSR count). The Morgan fingerprint density at radius 1 is 1.26 bits per heavy atom. The van der Waals surface area contributed by atoms with Gasteiger partial charge in [0.15, 0.2) is 0 Å². The van der Waals surface area contributed by atoms with Crippen LogP contribution in [0.25, 0.3) is 0 Å². The highest BCUT2D eigenvalue weighted by Gasteiger charge is 2.40. The maximum atomic E-state index is 12.8. The summed E-state index contributed by atoms with van der Waals surface area (Å²) >= 11 is 0. The third kappa shape index (κ3) is 4.80. The van der Waals surface area contributed by atoms with Gasteiger partial charge in [-0.05, 0) is 49.3 Å². The largest absolute Gasteiger partial charge is 0.493 e. The van der Waals surface area contributed by atoms with Crippen LogP contribution in [-0.4, -0.2) is 54.3 Å². The Bertz CT molecular complexity index is 666. The van der Waals surface area contributed by atoms with E-state index in [1.54, 1.807) is 6.07 Å². The number of rotatable bonds is 6. The molecule has 6 heteroatoms. The van der Waals surface area contributed by atoms with Gasteiger partial charge in [-0.3, -0.25) is 9.59 Å². The molecule has 6 nitrogen and oxygen atoms in total. The average molecular weight is 375 g/mol. The Hall–Kier alpha value is -2.08. The van der Waals surface area contributed by atoms with Gasteiger partial charge in [-0.1, -0.05) is 19.9 Å². The van der Waals surface area contributed by atoms with E-state index < -0.39 is 11.9 Å². The van der Waals surface area contributed by atoms with Gasteiger partial charge < -0.3 is 19.5 Å². The van der Waals surface area contributed by atoms with E-state index in [0.717, 1.165) is 12.8 Å².